The summed E-state index contributed by atoms with van der Waals surface area (Å²) in [6.45, 7) is 0.264. The molecule has 1 aromatic rings. The van der Waals surface area contributed by atoms with Gasteiger partial charge in [0.05, 0.1) is 31.8 Å². The number of esters is 1. The van der Waals surface area contributed by atoms with Crippen molar-refractivity contribution in [3.05, 3.63) is 24.0 Å². The van der Waals surface area contributed by atoms with Crippen LogP contribution in [-0.4, -0.2) is 30.5 Å². The summed E-state index contributed by atoms with van der Waals surface area (Å²) in [6, 6.07) is 3.37. The van der Waals surface area contributed by atoms with Crippen LogP contribution in [0.4, 0.5) is 5.69 Å². The molecule has 3 N–H and O–H groups in total. The van der Waals surface area contributed by atoms with Gasteiger partial charge in [0.25, 0.3) is 0 Å². The average molecular weight is 237 g/mol. The van der Waals surface area contributed by atoms with Crippen LogP contribution < -0.4 is 11.1 Å². The zero-order valence-electron chi connectivity index (χ0n) is 9.60. The SMILES string of the molecule is COC(=O)CCNC(=O)Cc1ccc(N)cn1. The topological polar surface area (TPSA) is 94.3 Å². The Morgan fingerprint density at radius 1 is 1.47 bits per heavy atom. The Morgan fingerprint density at radius 3 is 2.82 bits per heavy atom. The number of anilines is 1. The molecule has 1 amide bonds. The number of amides is 1. The van der Waals surface area contributed by atoms with Crippen molar-refractivity contribution in [3.63, 3.8) is 0 Å². The third-order valence-corrected chi connectivity index (χ3v) is 2.07. The van der Waals surface area contributed by atoms with E-state index in [1.807, 2.05) is 0 Å². The molecule has 1 aromatic heterocycles. The molecule has 0 aliphatic heterocycles. The van der Waals surface area contributed by atoms with Gasteiger partial charge < -0.3 is 15.8 Å². The molecule has 0 unspecified atom stereocenters. The summed E-state index contributed by atoms with van der Waals surface area (Å²) in [5.74, 6) is -0.540. The van der Waals surface area contributed by atoms with Crippen molar-refractivity contribution < 1.29 is 14.3 Å². The molecular formula is C11H15N3O3. The molecule has 6 heteroatoms. The van der Waals surface area contributed by atoms with Gasteiger partial charge >= 0.3 is 5.97 Å². The number of nitrogen functional groups attached to an aromatic ring is 1. The molecule has 6 nitrogen and oxygen atoms in total. The lowest BCUT2D eigenvalue weighted by Gasteiger charge is -2.04. The van der Waals surface area contributed by atoms with E-state index in [0.29, 0.717) is 11.4 Å². The number of rotatable bonds is 5. The standard InChI is InChI=1S/C11H15N3O3/c1-17-11(16)4-5-13-10(15)6-9-3-2-8(12)7-14-9/h2-3,7H,4-6,12H2,1H3,(H,13,15). The third-order valence-electron chi connectivity index (χ3n) is 2.07. The minimum atomic E-state index is -0.351. The maximum Gasteiger partial charge on any atom is 0.307 e. The molecule has 0 spiro atoms. The first kappa shape index (κ1) is 13.0. The van der Waals surface area contributed by atoms with Crippen molar-refractivity contribution in [1.82, 2.24) is 10.3 Å². The fraction of sp³-hybridized carbons (Fsp3) is 0.364. The number of nitrogens with zero attached hydrogens (tertiary/aromatic N) is 1. The van der Waals surface area contributed by atoms with Gasteiger partial charge in [-0.15, -0.1) is 0 Å². The summed E-state index contributed by atoms with van der Waals surface area (Å²) in [6.07, 6.45) is 1.83. The van der Waals surface area contributed by atoms with Crippen LogP contribution in [0.3, 0.4) is 0 Å². The highest BCUT2D eigenvalue weighted by atomic mass is 16.5. The van der Waals surface area contributed by atoms with Gasteiger partial charge in [0.1, 0.15) is 0 Å². The van der Waals surface area contributed by atoms with Crippen molar-refractivity contribution in [3.8, 4) is 0 Å². The smallest absolute Gasteiger partial charge is 0.307 e. The van der Waals surface area contributed by atoms with E-state index < -0.39 is 0 Å². The van der Waals surface area contributed by atoms with Gasteiger partial charge in [0, 0.05) is 12.2 Å². The number of aromatic nitrogens is 1. The van der Waals surface area contributed by atoms with E-state index in [4.69, 9.17) is 5.73 Å². The highest BCUT2D eigenvalue weighted by Gasteiger charge is 2.05. The number of ether oxygens (including phenoxy) is 1. The lowest BCUT2D eigenvalue weighted by atomic mass is 10.2. The van der Waals surface area contributed by atoms with Crippen LogP contribution in [0.25, 0.3) is 0 Å². The highest BCUT2D eigenvalue weighted by Crippen LogP contribution is 2.01. The maximum atomic E-state index is 11.4. The van der Waals surface area contributed by atoms with E-state index in [1.54, 1.807) is 12.1 Å². The van der Waals surface area contributed by atoms with Gasteiger partial charge in [-0.05, 0) is 12.1 Å². The molecule has 0 radical (unpaired) electrons. The number of hydrogen-bond donors (Lipinski definition) is 2. The van der Waals surface area contributed by atoms with Crippen molar-refractivity contribution in [2.75, 3.05) is 19.4 Å². The van der Waals surface area contributed by atoms with Crippen molar-refractivity contribution in [2.45, 2.75) is 12.8 Å². The number of nitrogens with one attached hydrogen (secondary N) is 1. The first-order valence-corrected chi connectivity index (χ1v) is 5.15. The molecule has 0 aliphatic carbocycles. The number of methoxy groups -OCH3 is 1. The molecule has 17 heavy (non-hydrogen) atoms. The Labute approximate surface area is 99.2 Å². The molecule has 0 saturated heterocycles. The third kappa shape index (κ3) is 4.96. The van der Waals surface area contributed by atoms with Gasteiger partial charge in [0.2, 0.25) is 5.91 Å². The predicted octanol–water partition coefficient (Wildman–Crippen LogP) is -0.114. The molecule has 0 atom stereocenters. The summed E-state index contributed by atoms with van der Waals surface area (Å²) < 4.78 is 4.45. The van der Waals surface area contributed by atoms with E-state index in [-0.39, 0.29) is 31.3 Å². The number of pyridine rings is 1. The van der Waals surface area contributed by atoms with Crippen LogP contribution in [0.1, 0.15) is 12.1 Å². The Bertz CT molecular complexity index is 389. The number of carbonyl (C=O) groups excluding carboxylic acids is 2. The Morgan fingerprint density at radius 2 is 2.24 bits per heavy atom. The van der Waals surface area contributed by atoms with Crippen molar-refractivity contribution in [2.24, 2.45) is 0 Å². The van der Waals surface area contributed by atoms with Crippen molar-refractivity contribution in [1.29, 1.82) is 0 Å². The minimum Gasteiger partial charge on any atom is -0.469 e. The Kier molecular flexibility index (Phi) is 4.93. The number of hydrogen-bond acceptors (Lipinski definition) is 5. The van der Waals surface area contributed by atoms with Gasteiger partial charge in [-0.3, -0.25) is 14.6 Å². The monoisotopic (exact) mass is 237 g/mol. The summed E-state index contributed by atoms with van der Waals surface area (Å²) in [5, 5.41) is 2.60. The molecular weight excluding hydrogens is 222 g/mol. The first-order chi connectivity index (χ1) is 8.11. The van der Waals surface area contributed by atoms with E-state index in [2.05, 4.69) is 15.0 Å². The lowest BCUT2D eigenvalue weighted by Crippen LogP contribution is -2.28. The molecule has 0 fully saturated rings. The normalized spacial score (nSPS) is 9.71. The van der Waals surface area contributed by atoms with Gasteiger partial charge in [-0.25, -0.2) is 0 Å². The van der Waals surface area contributed by atoms with E-state index >= 15 is 0 Å². The second kappa shape index (κ2) is 6.47. The summed E-state index contributed by atoms with van der Waals surface area (Å²) >= 11 is 0. The van der Waals surface area contributed by atoms with E-state index in [0.717, 1.165) is 0 Å². The number of nitrogens with two attached hydrogens (primary N) is 1. The molecule has 1 heterocycles. The van der Waals surface area contributed by atoms with Crippen LogP contribution in [0.2, 0.25) is 0 Å². The van der Waals surface area contributed by atoms with Crippen LogP contribution in [0, 0.1) is 0 Å². The summed E-state index contributed by atoms with van der Waals surface area (Å²) in [5.41, 5.74) is 6.66. The quantitative estimate of drug-likeness (QED) is 0.696. The molecule has 92 valence electrons. The van der Waals surface area contributed by atoms with E-state index in [1.165, 1.54) is 13.3 Å². The van der Waals surface area contributed by atoms with Crippen LogP contribution in [-0.2, 0) is 20.7 Å². The molecule has 0 aliphatic rings. The van der Waals surface area contributed by atoms with Crippen molar-refractivity contribution >= 4 is 17.6 Å². The van der Waals surface area contributed by atoms with Crippen LogP contribution in [0.5, 0.6) is 0 Å². The largest absolute Gasteiger partial charge is 0.469 e. The van der Waals surface area contributed by atoms with E-state index in [9.17, 15) is 9.59 Å². The first-order valence-electron chi connectivity index (χ1n) is 5.15. The zero-order chi connectivity index (χ0) is 12.7. The Balaban J connectivity index is 2.30. The fourth-order valence-electron chi connectivity index (χ4n) is 1.17. The second-order valence-electron chi connectivity index (χ2n) is 3.44. The maximum absolute atomic E-state index is 11.4. The predicted molar refractivity (Wildman–Crippen MR) is 62.0 cm³/mol. The van der Waals surface area contributed by atoms with Gasteiger partial charge in [0.15, 0.2) is 0 Å². The second-order valence-corrected chi connectivity index (χ2v) is 3.44. The molecule has 1 rings (SSSR count). The molecule has 0 aromatic carbocycles. The Hall–Kier alpha value is -2.11. The zero-order valence-corrected chi connectivity index (χ0v) is 9.60. The summed E-state index contributed by atoms with van der Waals surface area (Å²) in [7, 11) is 1.31. The summed E-state index contributed by atoms with van der Waals surface area (Å²) in [4.78, 5) is 26.2. The fourth-order valence-corrected chi connectivity index (χ4v) is 1.17. The molecule has 0 saturated carbocycles. The number of carbonyl (C=O) groups is 2. The lowest BCUT2D eigenvalue weighted by molar-refractivity contribution is -0.140. The van der Waals surface area contributed by atoms with Crippen LogP contribution >= 0.6 is 0 Å². The van der Waals surface area contributed by atoms with Crippen LogP contribution in [0.15, 0.2) is 18.3 Å². The molecule has 0 bridgehead atoms. The van der Waals surface area contributed by atoms with Gasteiger partial charge in [-0.2, -0.15) is 0 Å². The van der Waals surface area contributed by atoms with Gasteiger partial charge in [-0.1, -0.05) is 0 Å². The minimum absolute atomic E-state index is 0.164. The average Bonchev–Trinajstić information content (AvgIpc) is 2.32. The highest BCUT2D eigenvalue weighted by molar-refractivity contribution is 5.79.